The molecule has 0 aliphatic rings. The number of nitriles is 1. The number of rotatable bonds is 4. The predicted octanol–water partition coefficient (Wildman–Crippen LogP) is 4.43. The van der Waals surface area contributed by atoms with Crippen molar-refractivity contribution < 1.29 is 4.74 Å². The maximum atomic E-state index is 9.19. The van der Waals surface area contributed by atoms with Crippen molar-refractivity contribution in [2.75, 3.05) is 12.4 Å². The minimum absolute atomic E-state index is 0.505. The molecule has 0 bridgehead atoms. The number of benzene rings is 2. The Hall–Kier alpha value is -2.47. The number of nitrogens with one attached hydrogen (secondary N) is 1. The van der Waals surface area contributed by atoms with Gasteiger partial charge in [0.25, 0.3) is 0 Å². The highest BCUT2D eigenvalue weighted by Crippen LogP contribution is 2.31. The van der Waals surface area contributed by atoms with Crippen LogP contribution < -0.4 is 10.1 Å². The molecule has 0 unspecified atom stereocenters. The summed E-state index contributed by atoms with van der Waals surface area (Å²) in [6.07, 6.45) is 0. The van der Waals surface area contributed by atoms with Crippen LogP contribution in [0.1, 0.15) is 30.9 Å². The molecule has 3 nitrogen and oxygen atoms in total. The molecule has 0 fully saturated rings. The summed E-state index contributed by atoms with van der Waals surface area (Å²) in [6, 6.07) is 15.8. The van der Waals surface area contributed by atoms with E-state index in [0.717, 1.165) is 5.69 Å². The molecule has 0 saturated heterocycles. The minimum atomic E-state index is 0.505. The van der Waals surface area contributed by atoms with Crippen LogP contribution in [-0.4, -0.2) is 7.11 Å². The SMILES string of the molecule is COc1cccc(C#N)c1Nc1ccc(C(C)C)cc1. The van der Waals surface area contributed by atoms with Crippen molar-refractivity contribution >= 4 is 11.4 Å². The molecule has 0 aromatic heterocycles. The van der Waals surface area contributed by atoms with Crippen LogP contribution in [0.5, 0.6) is 5.75 Å². The molecule has 20 heavy (non-hydrogen) atoms. The van der Waals surface area contributed by atoms with E-state index in [4.69, 9.17) is 4.74 Å². The maximum absolute atomic E-state index is 9.19. The second-order valence-electron chi connectivity index (χ2n) is 4.90. The van der Waals surface area contributed by atoms with E-state index in [9.17, 15) is 5.26 Å². The Morgan fingerprint density at radius 3 is 2.35 bits per heavy atom. The number of hydrogen-bond acceptors (Lipinski definition) is 3. The van der Waals surface area contributed by atoms with Crippen molar-refractivity contribution in [2.45, 2.75) is 19.8 Å². The molecule has 0 saturated carbocycles. The van der Waals surface area contributed by atoms with E-state index in [2.05, 4.69) is 37.4 Å². The van der Waals surface area contributed by atoms with Crippen LogP contribution in [-0.2, 0) is 0 Å². The van der Waals surface area contributed by atoms with Gasteiger partial charge in [-0.25, -0.2) is 0 Å². The molecule has 2 aromatic rings. The van der Waals surface area contributed by atoms with Gasteiger partial charge in [0.05, 0.1) is 18.4 Å². The zero-order valence-corrected chi connectivity index (χ0v) is 12.0. The molecule has 3 heteroatoms. The summed E-state index contributed by atoms with van der Waals surface area (Å²) in [4.78, 5) is 0. The van der Waals surface area contributed by atoms with Gasteiger partial charge < -0.3 is 10.1 Å². The molecule has 2 rings (SSSR count). The summed E-state index contributed by atoms with van der Waals surface area (Å²) < 4.78 is 5.31. The lowest BCUT2D eigenvalue weighted by Gasteiger charge is -2.13. The quantitative estimate of drug-likeness (QED) is 0.890. The largest absolute Gasteiger partial charge is 0.495 e. The van der Waals surface area contributed by atoms with Gasteiger partial charge in [0.2, 0.25) is 0 Å². The number of nitrogens with zero attached hydrogens (tertiary/aromatic N) is 1. The van der Waals surface area contributed by atoms with Gasteiger partial charge >= 0.3 is 0 Å². The van der Waals surface area contributed by atoms with Gasteiger partial charge in [-0.2, -0.15) is 5.26 Å². The van der Waals surface area contributed by atoms with E-state index in [1.807, 2.05) is 24.3 Å². The summed E-state index contributed by atoms with van der Waals surface area (Å²) in [6.45, 7) is 4.33. The minimum Gasteiger partial charge on any atom is -0.495 e. The number of hydrogen-bond donors (Lipinski definition) is 1. The van der Waals surface area contributed by atoms with E-state index in [1.165, 1.54) is 5.56 Å². The van der Waals surface area contributed by atoms with E-state index in [-0.39, 0.29) is 0 Å². The van der Waals surface area contributed by atoms with Gasteiger partial charge in [-0.1, -0.05) is 32.0 Å². The van der Waals surface area contributed by atoms with E-state index >= 15 is 0 Å². The Labute approximate surface area is 119 Å². The topological polar surface area (TPSA) is 45.0 Å². The van der Waals surface area contributed by atoms with Gasteiger partial charge in [0, 0.05) is 5.69 Å². The molecule has 0 heterocycles. The van der Waals surface area contributed by atoms with Gasteiger partial charge in [-0.15, -0.1) is 0 Å². The predicted molar refractivity (Wildman–Crippen MR) is 81.5 cm³/mol. The fraction of sp³-hybridized carbons (Fsp3) is 0.235. The van der Waals surface area contributed by atoms with Crippen molar-refractivity contribution in [3.8, 4) is 11.8 Å². The van der Waals surface area contributed by atoms with Crippen LogP contribution in [0.3, 0.4) is 0 Å². The number of ether oxygens (including phenoxy) is 1. The monoisotopic (exact) mass is 266 g/mol. The van der Waals surface area contributed by atoms with Gasteiger partial charge in [0.1, 0.15) is 11.8 Å². The smallest absolute Gasteiger partial charge is 0.143 e. The third kappa shape index (κ3) is 2.92. The van der Waals surface area contributed by atoms with E-state index in [0.29, 0.717) is 22.9 Å². The average Bonchev–Trinajstić information content (AvgIpc) is 2.48. The molecule has 0 aliphatic carbocycles. The van der Waals surface area contributed by atoms with Gasteiger partial charge in [-0.3, -0.25) is 0 Å². The lowest BCUT2D eigenvalue weighted by atomic mass is 10.0. The highest BCUT2D eigenvalue weighted by atomic mass is 16.5. The first-order chi connectivity index (χ1) is 9.65. The lowest BCUT2D eigenvalue weighted by molar-refractivity contribution is 0.416. The van der Waals surface area contributed by atoms with Crippen LogP contribution in [0.15, 0.2) is 42.5 Å². The molecule has 0 radical (unpaired) electrons. The zero-order valence-electron chi connectivity index (χ0n) is 12.0. The van der Waals surface area contributed by atoms with Gasteiger partial charge in [0.15, 0.2) is 0 Å². The number of para-hydroxylation sites is 1. The second kappa shape index (κ2) is 6.12. The lowest BCUT2D eigenvalue weighted by Crippen LogP contribution is -1.98. The Morgan fingerprint density at radius 1 is 1.10 bits per heavy atom. The van der Waals surface area contributed by atoms with Crippen LogP contribution >= 0.6 is 0 Å². The molecule has 0 atom stereocenters. The first-order valence-electron chi connectivity index (χ1n) is 6.59. The molecular formula is C17H18N2O. The zero-order chi connectivity index (χ0) is 14.5. The molecule has 1 N–H and O–H groups in total. The molecule has 0 spiro atoms. The fourth-order valence-corrected chi connectivity index (χ4v) is 2.02. The highest BCUT2D eigenvalue weighted by molar-refractivity contribution is 5.73. The number of anilines is 2. The number of methoxy groups -OCH3 is 1. The van der Waals surface area contributed by atoms with Crippen LogP contribution in [0, 0.1) is 11.3 Å². The third-order valence-corrected chi connectivity index (χ3v) is 3.21. The molecule has 0 aliphatic heterocycles. The van der Waals surface area contributed by atoms with E-state index in [1.54, 1.807) is 13.2 Å². The van der Waals surface area contributed by atoms with Crippen molar-refractivity contribution in [1.29, 1.82) is 5.26 Å². The van der Waals surface area contributed by atoms with Crippen molar-refractivity contribution in [1.82, 2.24) is 0 Å². The normalized spacial score (nSPS) is 10.2. The summed E-state index contributed by atoms with van der Waals surface area (Å²) in [5.41, 5.74) is 3.50. The summed E-state index contributed by atoms with van der Waals surface area (Å²) in [5, 5.41) is 12.4. The fourth-order valence-electron chi connectivity index (χ4n) is 2.02. The highest BCUT2D eigenvalue weighted by Gasteiger charge is 2.09. The van der Waals surface area contributed by atoms with Gasteiger partial charge in [-0.05, 0) is 35.7 Å². The first kappa shape index (κ1) is 14.0. The standard InChI is InChI=1S/C17H18N2O/c1-12(2)13-7-9-15(10-8-13)19-17-14(11-18)5-4-6-16(17)20-3/h4-10,12,19H,1-3H3. The second-order valence-corrected chi connectivity index (χ2v) is 4.90. The molecular weight excluding hydrogens is 248 g/mol. The Kier molecular flexibility index (Phi) is 4.27. The van der Waals surface area contributed by atoms with Crippen LogP contribution in [0.4, 0.5) is 11.4 Å². The molecule has 0 amide bonds. The summed E-state index contributed by atoms with van der Waals surface area (Å²) in [5.74, 6) is 1.17. The third-order valence-electron chi connectivity index (χ3n) is 3.21. The average molecular weight is 266 g/mol. The Morgan fingerprint density at radius 2 is 1.80 bits per heavy atom. The van der Waals surface area contributed by atoms with Crippen molar-refractivity contribution in [3.05, 3.63) is 53.6 Å². The van der Waals surface area contributed by atoms with E-state index < -0.39 is 0 Å². The Bertz CT molecular complexity index is 624. The summed E-state index contributed by atoms with van der Waals surface area (Å²) in [7, 11) is 1.60. The molecule has 102 valence electrons. The molecule has 2 aromatic carbocycles. The van der Waals surface area contributed by atoms with Crippen LogP contribution in [0.25, 0.3) is 0 Å². The van der Waals surface area contributed by atoms with Crippen molar-refractivity contribution in [3.63, 3.8) is 0 Å². The van der Waals surface area contributed by atoms with Crippen LogP contribution in [0.2, 0.25) is 0 Å². The summed E-state index contributed by atoms with van der Waals surface area (Å²) >= 11 is 0. The van der Waals surface area contributed by atoms with Crippen molar-refractivity contribution in [2.24, 2.45) is 0 Å². The maximum Gasteiger partial charge on any atom is 0.143 e. The Balaban J connectivity index is 2.32. The first-order valence-corrected chi connectivity index (χ1v) is 6.59.